The highest BCUT2D eigenvalue weighted by Crippen LogP contribution is 2.31. The summed E-state index contributed by atoms with van der Waals surface area (Å²) in [6.07, 6.45) is 0. The Hall–Kier alpha value is -3.99. The third kappa shape index (κ3) is 5.19. The average Bonchev–Trinajstić information content (AvgIpc) is 2.95. The molecule has 3 rings (SSSR count). The number of aryl methyl sites for hydroxylation is 2. The smallest absolute Gasteiger partial charge is 0.408 e. The third-order valence-corrected chi connectivity index (χ3v) is 4.84. The number of hydrogen-bond acceptors (Lipinski definition) is 7. The maximum Gasteiger partial charge on any atom is 0.408 e. The number of halogens is 1. The summed E-state index contributed by atoms with van der Waals surface area (Å²) in [7, 11) is 0. The van der Waals surface area contributed by atoms with Gasteiger partial charge in [-0.15, -0.1) is 0 Å². The number of anilines is 1. The molecular weight excluding hydrogens is 442 g/mol. The molecule has 12 heteroatoms. The lowest BCUT2D eigenvalue weighted by molar-refractivity contribution is -0.389. The first kappa shape index (κ1) is 22.7. The van der Waals surface area contributed by atoms with E-state index in [4.69, 9.17) is 16.3 Å². The van der Waals surface area contributed by atoms with Crippen LogP contribution in [0.15, 0.2) is 36.4 Å². The molecule has 0 unspecified atom stereocenters. The van der Waals surface area contributed by atoms with Crippen LogP contribution in [-0.2, 0) is 11.3 Å². The number of aromatic nitrogens is 2. The van der Waals surface area contributed by atoms with Crippen molar-refractivity contribution in [3.8, 4) is 11.5 Å². The summed E-state index contributed by atoms with van der Waals surface area (Å²) in [4.78, 5) is 33.4. The largest absolute Gasteiger partial charge is 0.457 e. The fourth-order valence-electron chi connectivity index (χ4n) is 3.06. The van der Waals surface area contributed by atoms with Crippen LogP contribution in [0.2, 0.25) is 5.02 Å². The van der Waals surface area contributed by atoms with Crippen molar-refractivity contribution in [3.05, 3.63) is 78.5 Å². The van der Waals surface area contributed by atoms with Crippen molar-refractivity contribution < 1.29 is 19.4 Å². The predicted octanol–water partition coefficient (Wildman–Crippen LogP) is 4.71. The highest BCUT2D eigenvalue weighted by molar-refractivity contribution is 6.33. The predicted molar refractivity (Wildman–Crippen MR) is 116 cm³/mol. The number of ether oxygens (including phenoxy) is 1. The molecule has 2 aromatic carbocycles. The molecule has 32 heavy (non-hydrogen) atoms. The summed E-state index contributed by atoms with van der Waals surface area (Å²) in [5.41, 5.74) is 2.00. The van der Waals surface area contributed by atoms with Crippen LogP contribution >= 0.6 is 11.6 Å². The number of nitro benzene ring substituents is 1. The van der Waals surface area contributed by atoms with E-state index >= 15 is 0 Å². The molecule has 0 bridgehead atoms. The number of hydrogen-bond donors (Lipinski definition) is 1. The second-order valence-electron chi connectivity index (χ2n) is 7.08. The van der Waals surface area contributed by atoms with E-state index in [9.17, 15) is 25.0 Å². The average molecular weight is 460 g/mol. The monoisotopic (exact) mass is 459 g/mol. The second kappa shape index (κ2) is 9.02. The molecule has 0 atom stereocenters. The summed E-state index contributed by atoms with van der Waals surface area (Å²) in [5, 5.41) is 28.4. The number of amides is 1. The van der Waals surface area contributed by atoms with Crippen molar-refractivity contribution in [2.45, 2.75) is 27.3 Å². The number of benzene rings is 2. The van der Waals surface area contributed by atoms with Crippen LogP contribution in [0.4, 0.5) is 17.2 Å². The van der Waals surface area contributed by atoms with Crippen LogP contribution in [0.25, 0.3) is 0 Å². The maximum atomic E-state index is 12.5. The minimum Gasteiger partial charge on any atom is -0.457 e. The Labute approximate surface area is 186 Å². The van der Waals surface area contributed by atoms with E-state index in [1.165, 1.54) is 25.1 Å². The molecule has 0 saturated heterocycles. The van der Waals surface area contributed by atoms with E-state index in [1.807, 2.05) is 19.9 Å². The van der Waals surface area contributed by atoms with Crippen LogP contribution in [-0.4, -0.2) is 25.5 Å². The van der Waals surface area contributed by atoms with Gasteiger partial charge < -0.3 is 20.2 Å². The Morgan fingerprint density at radius 2 is 1.66 bits per heavy atom. The lowest BCUT2D eigenvalue weighted by atomic mass is 10.1. The molecule has 166 valence electrons. The van der Waals surface area contributed by atoms with E-state index in [0.29, 0.717) is 5.75 Å². The van der Waals surface area contributed by atoms with Gasteiger partial charge in [-0.2, -0.15) is 4.68 Å². The van der Waals surface area contributed by atoms with Crippen LogP contribution in [0.1, 0.15) is 16.8 Å². The normalized spacial score (nSPS) is 10.6. The fourth-order valence-corrected chi connectivity index (χ4v) is 3.27. The highest BCUT2D eigenvalue weighted by Gasteiger charge is 2.25. The number of carbonyl (C=O) groups excluding carboxylic acids is 1. The molecule has 0 radical (unpaired) electrons. The molecule has 0 aliphatic rings. The van der Waals surface area contributed by atoms with E-state index in [1.54, 1.807) is 12.1 Å². The van der Waals surface area contributed by atoms with E-state index in [0.717, 1.165) is 15.8 Å². The summed E-state index contributed by atoms with van der Waals surface area (Å²) in [6, 6.07) is 9.38. The van der Waals surface area contributed by atoms with Crippen molar-refractivity contribution >= 4 is 34.7 Å². The molecule has 3 aromatic rings. The van der Waals surface area contributed by atoms with Crippen molar-refractivity contribution in [3.63, 3.8) is 0 Å². The molecule has 11 nitrogen and oxygen atoms in total. The Morgan fingerprint density at radius 3 is 2.22 bits per heavy atom. The standard InChI is InChI=1S/C20H18ClN5O6/c1-11-4-12(2)6-16(5-11)32-17-8-14(7-15(9-17)25(28)29)22-18(27)10-24-13(3)19(21)20(23-24)26(30)31/h4-9H,10H2,1-3H3,(H,22,27). The number of nitrogens with zero attached hydrogens (tertiary/aromatic N) is 4. The second-order valence-corrected chi connectivity index (χ2v) is 7.46. The molecule has 1 aromatic heterocycles. The number of carbonyl (C=O) groups is 1. The van der Waals surface area contributed by atoms with Crippen molar-refractivity contribution in [1.82, 2.24) is 9.78 Å². The zero-order valence-electron chi connectivity index (χ0n) is 17.3. The Kier molecular flexibility index (Phi) is 6.40. The number of non-ortho nitro benzene ring substituents is 1. The quantitative estimate of drug-likeness (QED) is 0.398. The number of rotatable bonds is 7. The Bertz CT molecular complexity index is 1220. The van der Waals surface area contributed by atoms with Crippen LogP contribution in [0.3, 0.4) is 0 Å². The van der Waals surface area contributed by atoms with Gasteiger partial charge in [0, 0.05) is 12.1 Å². The lowest BCUT2D eigenvalue weighted by Gasteiger charge is -2.10. The van der Waals surface area contributed by atoms with Crippen molar-refractivity contribution in [1.29, 1.82) is 0 Å². The minimum absolute atomic E-state index is 0.119. The van der Waals surface area contributed by atoms with Crippen LogP contribution in [0.5, 0.6) is 11.5 Å². The van der Waals surface area contributed by atoms with Gasteiger partial charge in [0.15, 0.2) is 5.02 Å². The van der Waals surface area contributed by atoms with Crippen molar-refractivity contribution in [2.24, 2.45) is 0 Å². The van der Waals surface area contributed by atoms with Crippen LogP contribution < -0.4 is 10.1 Å². The van der Waals surface area contributed by atoms with E-state index < -0.39 is 21.6 Å². The molecule has 0 aliphatic heterocycles. The van der Waals surface area contributed by atoms with Gasteiger partial charge in [0.25, 0.3) is 5.69 Å². The van der Waals surface area contributed by atoms with Crippen LogP contribution in [0, 0.1) is 41.0 Å². The topological polar surface area (TPSA) is 142 Å². The Balaban J connectivity index is 1.84. The lowest BCUT2D eigenvalue weighted by Crippen LogP contribution is -2.20. The van der Waals surface area contributed by atoms with Gasteiger partial charge in [0.05, 0.1) is 27.5 Å². The van der Waals surface area contributed by atoms with Gasteiger partial charge in [-0.1, -0.05) is 17.7 Å². The molecule has 0 aliphatic carbocycles. The van der Waals surface area contributed by atoms with Gasteiger partial charge >= 0.3 is 5.82 Å². The molecule has 1 N–H and O–H groups in total. The minimum atomic E-state index is -0.749. The summed E-state index contributed by atoms with van der Waals surface area (Å²) in [6.45, 7) is 4.90. The molecule has 0 saturated carbocycles. The zero-order chi connectivity index (χ0) is 23.6. The van der Waals surface area contributed by atoms with Gasteiger partial charge in [-0.3, -0.25) is 14.9 Å². The summed E-state index contributed by atoms with van der Waals surface area (Å²) in [5.74, 6) is -0.515. The molecule has 1 heterocycles. The molecule has 1 amide bonds. The van der Waals surface area contributed by atoms with Crippen molar-refractivity contribution in [2.75, 3.05) is 5.32 Å². The maximum absolute atomic E-state index is 12.5. The SMILES string of the molecule is Cc1cc(C)cc(Oc2cc(NC(=O)Cn3nc([N+](=O)[O-])c(Cl)c3C)cc([N+](=O)[O-])c2)c1. The summed E-state index contributed by atoms with van der Waals surface area (Å²) < 4.78 is 6.85. The first-order chi connectivity index (χ1) is 15.0. The van der Waals surface area contributed by atoms with Gasteiger partial charge in [0.2, 0.25) is 5.91 Å². The first-order valence-electron chi connectivity index (χ1n) is 9.26. The third-order valence-electron chi connectivity index (χ3n) is 4.40. The van der Waals surface area contributed by atoms with E-state index in [-0.39, 0.29) is 34.4 Å². The number of nitro groups is 2. The van der Waals surface area contributed by atoms with Gasteiger partial charge in [-0.05, 0) is 49.0 Å². The molecule has 0 spiro atoms. The van der Waals surface area contributed by atoms with Gasteiger partial charge in [0.1, 0.15) is 18.0 Å². The van der Waals surface area contributed by atoms with E-state index in [2.05, 4.69) is 10.4 Å². The molecule has 0 fully saturated rings. The van der Waals surface area contributed by atoms with Gasteiger partial charge in [-0.25, -0.2) is 0 Å². The molecular formula is C20H18ClN5O6. The zero-order valence-corrected chi connectivity index (χ0v) is 18.0. The number of nitrogens with one attached hydrogen (secondary N) is 1. The fraction of sp³-hybridized carbons (Fsp3) is 0.200. The summed E-state index contributed by atoms with van der Waals surface area (Å²) >= 11 is 5.88. The highest BCUT2D eigenvalue weighted by atomic mass is 35.5. The Morgan fingerprint density at radius 1 is 1.03 bits per heavy atom. The first-order valence-corrected chi connectivity index (χ1v) is 9.64.